The average Bonchev–Trinajstić information content (AvgIpc) is 2.62. The van der Waals surface area contributed by atoms with Crippen LogP contribution < -0.4 is 19.5 Å². The van der Waals surface area contributed by atoms with Crippen LogP contribution in [0.25, 0.3) is 0 Å². The second-order valence-electron chi connectivity index (χ2n) is 5.33. The quantitative estimate of drug-likeness (QED) is 0.654. The number of benzene rings is 2. The Morgan fingerprint density at radius 1 is 0.880 bits per heavy atom. The van der Waals surface area contributed by atoms with E-state index in [0.29, 0.717) is 44.1 Å². The highest BCUT2D eigenvalue weighted by atomic mass is 16.5. The second-order valence-corrected chi connectivity index (χ2v) is 5.33. The Kier molecular flexibility index (Phi) is 7.63. The lowest BCUT2D eigenvalue weighted by Crippen LogP contribution is -2.13. The molecule has 0 bridgehead atoms. The van der Waals surface area contributed by atoms with Crippen LogP contribution in [0.1, 0.15) is 26.7 Å². The lowest BCUT2D eigenvalue weighted by Gasteiger charge is -2.11. The van der Waals surface area contributed by atoms with E-state index in [2.05, 4.69) is 5.32 Å². The molecule has 0 radical (unpaired) electrons. The van der Waals surface area contributed by atoms with Gasteiger partial charge in [-0.2, -0.15) is 0 Å². The normalized spacial score (nSPS) is 10.2. The Morgan fingerprint density at radius 2 is 1.52 bits per heavy atom. The van der Waals surface area contributed by atoms with E-state index in [-0.39, 0.29) is 5.91 Å². The summed E-state index contributed by atoms with van der Waals surface area (Å²) in [5.41, 5.74) is 0.696. The minimum Gasteiger partial charge on any atom is -0.494 e. The number of ether oxygens (including phenoxy) is 3. The molecular weight excluding hydrogens is 318 g/mol. The van der Waals surface area contributed by atoms with Crippen LogP contribution >= 0.6 is 0 Å². The van der Waals surface area contributed by atoms with Crippen LogP contribution in [0.4, 0.5) is 5.69 Å². The zero-order valence-corrected chi connectivity index (χ0v) is 14.8. The van der Waals surface area contributed by atoms with Gasteiger partial charge in [0.15, 0.2) is 0 Å². The molecule has 0 unspecified atom stereocenters. The maximum atomic E-state index is 12.1. The molecule has 0 aliphatic heterocycles. The molecule has 5 nitrogen and oxygen atoms in total. The van der Waals surface area contributed by atoms with Gasteiger partial charge in [-0.15, -0.1) is 0 Å². The van der Waals surface area contributed by atoms with Crippen molar-refractivity contribution in [1.82, 2.24) is 0 Å². The molecule has 5 heteroatoms. The number of hydrogen-bond donors (Lipinski definition) is 1. The SMILES string of the molecule is CCOc1ccc(OCCCC(=O)Nc2ccccc2OCC)cc1. The van der Waals surface area contributed by atoms with Gasteiger partial charge in [-0.05, 0) is 56.7 Å². The van der Waals surface area contributed by atoms with Gasteiger partial charge in [0.1, 0.15) is 17.2 Å². The summed E-state index contributed by atoms with van der Waals surface area (Å²) in [5, 5.41) is 2.88. The molecule has 0 atom stereocenters. The summed E-state index contributed by atoms with van der Waals surface area (Å²) < 4.78 is 16.5. The van der Waals surface area contributed by atoms with Gasteiger partial charge in [0, 0.05) is 6.42 Å². The van der Waals surface area contributed by atoms with Crippen molar-refractivity contribution in [3.05, 3.63) is 48.5 Å². The molecule has 2 rings (SSSR count). The van der Waals surface area contributed by atoms with Crippen LogP contribution in [0, 0.1) is 0 Å². The van der Waals surface area contributed by atoms with Crippen LogP contribution in [0.2, 0.25) is 0 Å². The number of carbonyl (C=O) groups is 1. The highest BCUT2D eigenvalue weighted by molar-refractivity contribution is 5.92. The lowest BCUT2D eigenvalue weighted by molar-refractivity contribution is -0.116. The Balaban J connectivity index is 1.72. The number of para-hydroxylation sites is 2. The molecule has 0 aliphatic rings. The van der Waals surface area contributed by atoms with Crippen molar-refractivity contribution in [1.29, 1.82) is 0 Å². The molecule has 0 saturated heterocycles. The monoisotopic (exact) mass is 343 g/mol. The van der Waals surface area contributed by atoms with Gasteiger partial charge >= 0.3 is 0 Å². The van der Waals surface area contributed by atoms with Crippen molar-refractivity contribution in [3.63, 3.8) is 0 Å². The largest absolute Gasteiger partial charge is 0.494 e. The molecule has 0 aliphatic carbocycles. The number of nitrogens with one attached hydrogen (secondary N) is 1. The van der Waals surface area contributed by atoms with Crippen LogP contribution in [-0.2, 0) is 4.79 Å². The van der Waals surface area contributed by atoms with Crippen molar-refractivity contribution in [3.8, 4) is 17.2 Å². The van der Waals surface area contributed by atoms with E-state index in [1.54, 1.807) is 0 Å². The Labute approximate surface area is 148 Å². The van der Waals surface area contributed by atoms with E-state index in [0.717, 1.165) is 11.5 Å². The highest BCUT2D eigenvalue weighted by Gasteiger charge is 2.07. The Bertz CT molecular complexity index is 655. The first-order chi connectivity index (χ1) is 12.2. The minimum absolute atomic E-state index is 0.0533. The standard InChI is InChI=1S/C20H25NO4/c1-3-23-16-11-13-17(14-12-16)25-15-7-10-20(22)21-18-8-5-6-9-19(18)24-4-2/h5-6,8-9,11-14H,3-4,7,10,15H2,1-2H3,(H,21,22). The van der Waals surface area contributed by atoms with Crippen molar-refractivity contribution in [2.75, 3.05) is 25.1 Å². The number of carbonyl (C=O) groups excluding carboxylic acids is 1. The van der Waals surface area contributed by atoms with Crippen molar-refractivity contribution in [2.24, 2.45) is 0 Å². The van der Waals surface area contributed by atoms with Crippen LogP contribution in [0.5, 0.6) is 17.2 Å². The molecule has 0 heterocycles. The molecule has 0 saturated carbocycles. The number of anilines is 1. The zero-order valence-electron chi connectivity index (χ0n) is 14.8. The first kappa shape index (κ1) is 18.6. The molecular formula is C20H25NO4. The van der Waals surface area contributed by atoms with Gasteiger partial charge in [-0.3, -0.25) is 4.79 Å². The van der Waals surface area contributed by atoms with Gasteiger partial charge in [0.2, 0.25) is 5.91 Å². The summed E-state index contributed by atoms with van der Waals surface area (Å²) in [7, 11) is 0. The second kappa shape index (κ2) is 10.2. The van der Waals surface area contributed by atoms with E-state index in [4.69, 9.17) is 14.2 Å². The van der Waals surface area contributed by atoms with E-state index in [9.17, 15) is 4.79 Å². The summed E-state index contributed by atoms with van der Waals surface area (Å²) >= 11 is 0. The fourth-order valence-electron chi connectivity index (χ4n) is 2.29. The number of rotatable bonds is 10. The first-order valence-corrected chi connectivity index (χ1v) is 8.60. The summed E-state index contributed by atoms with van der Waals surface area (Å²) in [6.07, 6.45) is 1.02. The van der Waals surface area contributed by atoms with E-state index < -0.39 is 0 Å². The number of hydrogen-bond acceptors (Lipinski definition) is 4. The first-order valence-electron chi connectivity index (χ1n) is 8.60. The average molecular weight is 343 g/mol. The third-order valence-corrected chi connectivity index (χ3v) is 3.41. The predicted molar refractivity (Wildman–Crippen MR) is 98.6 cm³/mol. The number of amides is 1. The third kappa shape index (κ3) is 6.37. The van der Waals surface area contributed by atoms with E-state index >= 15 is 0 Å². The Hall–Kier alpha value is -2.69. The lowest BCUT2D eigenvalue weighted by atomic mass is 10.2. The van der Waals surface area contributed by atoms with Crippen molar-refractivity contribution in [2.45, 2.75) is 26.7 Å². The topological polar surface area (TPSA) is 56.8 Å². The van der Waals surface area contributed by atoms with E-state index in [1.165, 1.54) is 0 Å². The highest BCUT2D eigenvalue weighted by Crippen LogP contribution is 2.24. The fourth-order valence-corrected chi connectivity index (χ4v) is 2.29. The van der Waals surface area contributed by atoms with Crippen molar-refractivity contribution < 1.29 is 19.0 Å². The molecule has 25 heavy (non-hydrogen) atoms. The molecule has 134 valence electrons. The fraction of sp³-hybridized carbons (Fsp3) is 0.350. The summed E-state index contributed by atoms with van der Waals surface area (Å²) in [4.78, 5) is 12.1. The summed E-state index contributed by atoms with van der Waals surface area (Å²) in [6, 6.07) is 14.9. The van der Waals surface area contributed by atoms with Gasteiger partial charge in [0.25, 0.3) is 0 Å². The Morgan fingerprint density at radius 3 is 2.20 bits per heavy atom. The molecule has 0 fully saturated rings. The summed E-state index contributed by atoms with van der Waals surface area (Å²) in [6.45, 7) is 5.54. The van der Waals surface area contributed by atoms with Crippen LogP contribution in [0.3, 0.4) is 0 Å². The maximum Gasteiger partial charge on any atom is 0.224 e. The van der Waals surface area contributed by atoms with Crippen LogP contribution in [-0.4, -0.2) is 25.7 Å². The molecule has 2 aromatic rings. The van der Waals surface area contributed by atoms with Gasteiger partial charge in [0.05, 0.1) is 25.5 Å². The van der Waals surface area contributed by atoms with E-state index in [1.807, 2.05) is 62.4 Å². The molecule has 1 amide bonds. The van der Waals surface area contributed by atoms with Gasteiger partial charge < -0.3 is 19.5 Å². The molecule has 0 aromatic heterocycles. The smallest absolute Gasteiger partial charge is 0.224 e. The zero-order chi connectivity index (χ0) is 17.9. The maximum absolute atomic E-state index is 12.1. The predicted octanol–water partition coefficient (Wildman–Crippen LogP) is 4.28. The van der Waals surface area contributed by atoms with Crippen molar-refractivity contribution >= 4 is 11.6 Å². The molecule has 2 aromatic carbocycles. The van der Waals surface area contributed by atoms with Gasteiger partial charge in [-0.25, -0.2) is 0 Å². The summed E-state index contributed by atoms with van der Waals surface area (Å²) in [5.74, 6) is 2.22. The third-order valence-electron chi connectivity index (χ3n) is 3.41. The van der Waals surface area contributed by atoms with Gasteiger partial charge in [-0.1, -0.05) is 12.1 Å². The molecule has 1 N–H and O–H groups in total. The molecule has 0 spiro atoms. The minimum atomic E-state index is -0.0533. The van der Waals surface area contributed by atoms with Crippen LogP contribution in [0.15, 0.2) is 48.5 Å².